The molecule has 0 atom stereocenters. The first-order chi connectivity index (χ1) is 13.3. The predicted octanol–water partition coefficient (Wildman–Crippen LogP) is 4.70. The van der Waals surface area contributed by atoms with Gasteiger partial charge in [-0.3, -0.25) is 0 Å². The lowest BCUT2D eigenvalue weighted by molar-refractivity contribution is -0.0893. The van der Waals surface area contributed by atoms with Crippen LogP contribution in [0.25, 0.3) is 0 Å². The Kier molecular flexibility index (Phi) is 5.92. The topological polar surface area (TPSA) is 32.7 Å². The summed E-state index contributed by atoms with van der Waals surface area (Å²) in [7, 11) is 0.452. The Morgan fingerprint density at radius 1 is 0.679 bits per heavy atom. The average Bonchev–Trinajstić information content (AvgIpc) is 2.68. The number of hydrogen-bond donors (Lipinski definition) is 1. The first-order valence-corrected chi connectivity index (χ1v) is 9.63. The highest BCUT2D eigenvalue weighted by molar-refractivity contribution is 6.47. The summed E-state index contributed by atoms with van der Waals surface area (Å²) in [6, 6.07) is 29.0. The highest BCUT2D eigenvalue weighted by Crippen LogP contribution is 2.33. The van der Waals surface area contributed by atoms with E-state index in [2.05, 4.69) is 53.4 Å². The van der Waals surface area contributed by atoms with Crippen molar-refractivity contribution in [3.05, 3.63) is 84.9 Å². The van der Waals surface area contributed by atoms with E-state index in [9.17, 15) is 5.11 Å². The molecule has 0 fully saturated rings. The fourth-order valence-electron chi connectivity index (χ4n) is 2.78. The summed E-state index contributed by atoms with van der Waals surface area (Å²) < 4.78 is 5.99. The van der Waals surface area contributed by atoms with Crippen molar-refractivity contribution in [1.29, 1.82) is 0 Å². The Labute approximate surface area is 168 Å². The van der Waals surface area contributed by atoms with Crippen LogP contribution in [0.1, 0.15) is 27.7 Å². The minimum Gasteiger partial charge on any atom is -0.427 e. The molecule has 0 saturated heterocycles. The minimum absolute atomic E-state index is 0.452. The summed E-state index contributed by atoms with van der Waals surface area (Å²) in [6.07, 6.45) is 0. The van der Waals surface area contributed by atoms with Gasteiger partial charge in [0.2, 0.25) is 0 Å². The maximum atomic E-state index is 10.3. The van der Waals surface area contributed by atoms with Crippen molar-refractivity contribution in [2.75, 3.05) is 4.90 Å². The molecule has 28 heavy (non-hydrogen) atoms. The summed E-state index contributed by atoms with van der Waals surface area (Å²) in [5.74, 6) is 0. The number of para-hydroxylation sites is 2. The number of hydrogen-bond acceptors (Lipinski definition) is 3. The summed E-state index contributed by atoms with van der Waals surface area (Å²) in [6.45, 7) is 7.36. The van der Waals surface area contributed by atoms with Gasteiger partial charge in [0, 0.05) is 17.1 Å². The van der Waals surface area contributed by atoms with Crippen LogP contribution in [-0.2, 0) is 4.65 Å². The van der Waals surface area contributed by atoms with Gasteiger partial charge in [0.15, 0.2) is 0 Å². The van der Waals surface area contributed by atoms with Gasteiger partial charge < -0.3 is 14.7 Å². The summed E-state index contributed by atoms with van der Waals surface area (Å²) in [4.78, 5) is 2.23. The molecule has 4 heteroatoms. The molecule has 0 saturated carbocycles. The Hall–Kier alpha value is -2.56. The molecule has 1 N–H and O–H groups in total. The molecular formula is C24H28BNO2. The Balaban J connectivity index is 1.83. The molecule has 0 unspecified atom stereocenters. The van der Waals surface area contributed by atoms with Gasteiger partial charge in [-0.2, -0.15) is 0 Å². The first-order valence-electron chi connectivity index (χ1n) is 9.63. The van der Waals surface area contributed by atoms with Crippen LogP contribution in [-0.4, -0.2) is 23.8 Å². The lowest BCUT2D eigenvalue weighted by Crippen LogP contribution is -2.49. The van der Waals surface area contributed by atoms with E-state index < -0.39 is 11.2 Å². The van der Waals surface area contributed by atoms with Crippen LogP contribution in [0, 0.1) is 0 Å². The van der Waals surface area contributed by atoms with Crippen LogP contribution in [0.2, 0.25) is 0 Å². The monoisotopic (exact) mass is 373 g/mol. The smallest absolute Gasteiger partial charge is 0.309 e. The van der Waals surface area contributed by atoms with E-state index in [0.717, 1.165) is 22.5 Å². The van der Waals surface area contributed by atoms with Crippen molar-refractivity contribution in [1.82, 2.24) is 0 Å². The fraction of sp³-hybridized carbons (Fsp3) is 0.250. The molecule has 0 spiro atoms. The average molecular weight is 373 g/mol. The third-order valence-electron chi connectivity index (χ3n) is 5.30. The molecule has 0 aliphatic carbocycles. The standard InChI is InChI=1S/C24H28BNO2/c1-23(2,27)24(3,4)28-25-19-15-17-22(18-16-19)26(20-11-7-5-8-12-20)21-13-9-6-10-14-21/h5-18,25,27H,1-4H3. The molecule has 3 aromatic rings. The van der Waals surface area contributed by atoms with Crippen LogP contribution in [0.3, 0.4) is 0 Å². The van der Waals surface area contributed by atoms with E-state index in [1.165, 1.54) is 0 Å². The van der Waals surface area contributed by atoms with Crippen LogP contribution in [0.4, 0.5) is 17.1 Å². The van der Waals surface area contributed by atoms with Gasteiger partial charge in [-0.15, -0.1) is 0 Å². The number of aliphatic hydroxyl groups is 1. The molecule has 3 nitrogen and oxygen atoms in total. The molecule has 0 radical (unpaired) electrons. The molecule has 0 aliphatic heterocycles. The van der Waals surface area contributed by atoms with Crippen molar-refractivity contribution < 1.29 is 9.76 Å². The highest BCUT2D eigenvalue weighted by Gasteiger charge is 2.35. The molecule has 0 amide bonds. The molecule has 144 valence electrons. The zero-order valence-corrected chi connectivity index (χ0v) is 17.1. The Morgan fingerprint density at radius 2 is 1.11 bits per heavy atom. The number of nitrogens with zero attached hydrogens (tertiary/aromatic N) is 1. The molecule has 3 aromatic carbocycles. The normalized spacial score (nSPS) is 11.9. The van der Waals surface area contributed by atoms with Gasteiger partial charge in [-0.1, -0.05) is 54.0 Å². The van der Waals surface area contributed by atoms with E-state index in [0.29, 0.717) is 7.48 Å². The largest absolute Gasteiger partial charge is 0.427 e. The Morgan fingerprint density at radius 3 is 1.54 bits per heavy atom. The van der Waals surface area contributed by atoms with Crippen LogP contribution in [0.5, 0.6) is 0 Å². The zero-order valence-electron chi connectivity index (χ0n) is 17.1. The van der Waals surface area contributed by atoms with E-state index in [-0.39, 0.29) is 0 Å². The number of anilines is 3. The van der Waals surface area contributed by atoms with Crippen LogP contribution >= 0.6 is 0 Å². The minimum atomic E-state index is -0.912. The second-order valence-corrected chi connectivity index (χ2v) is 8.03. The van der Waals surface area contributed by atoms with Gasteiger partial charge in [-0.25, -0.2) is 0 Å². The maximum absolute atomic E-state index is 10.3. The third-order valence-corrected chi connectivity index (χ3v) is 5.30. The van der Waals surface area contributed by atoms with Crippen molar-refractivity contribution in [2.45, 2.75) is 38.9 Å². The van der Waals surface area contributed by atoms with Gasteiger partial charge in [-0.05, 0) is 64.1 Å². The lowest BCUT2D eigenvalue weighted by Gasteiger charge is -2.37. The van der Waals surface area contributed by atoms with E-state index in [1.807, 2.05) is 50.2 Å². The molecule has 0 bridgehead atoms. The fourth-order valence-corrected chi connectivity index (χ4v) is 2.78. The second-order valence-electron chi connectivity index (χ2n) is 8.03. The lowest BCUT2D eigenvalue weighted by atomic mass is 9.82. The van der Waals surface area contributed by atoms with Crippen molar-refractivity contribution in [2.24, 2.45) is 0 Å². The first kappa shape index (κ1) is 20.2. The molecule has 3 rings (SSSR count). The van der Waals surface area contributed by atoms with Crippen molar-refractivity contribution in [3.63, 3.8) is 0 Å². The molecule has 0 heterocycles. The van der Waals surface area contributed by atoms with Crippen LogP contribution < -0.4 is 10.4 Å². The van der Waals surface area contributed by atoms with E-state index >= 15 is 0 Å². The third kappa shape index (κ3) is 4.64. The van der Waals surface area contributed by atoms with Gasteiger partial charge in [0.05, 0.1) is 11.2 Å². The second kappa shape index (κ2) is 8.21. The summed E-state index contributed by atoms with van der Waals surface area (Å²) in [5.41, 5.74) is 2.84. The quantitative estimate of drug-likeness (QED) is 0.610. The number of benzene rings is 3. The molecule has 0 aromatic heterocycles. The van der Waals surface area contributed by atoms with Crippen molar-refractivity contribution >= 4 is 30.0 Å². The summed E-state index contributed by atoms with van der Waals surface area (Å²) in [5, 5.41) is 10.3. The summed E-state index contributed by atoms with van der Waals surface area (Å²) >= 11 is 0. The van der Waals surface area contributed by atoms with Gasteiger partial charge in [0.25, 0.3) is 0 Å². The molecule has 0 aliphatic rings. The predicted molar refractivity (Wildman–Crippen MR) is 119 cm³/mol. The Bertz CT molecular complexity index is 832. The van der Waals surface area contributed by atoms with Crippen molar-refractivity contribution in [3.8, 4) is 0 Å². The number of rotatable bonds is 7. The zero-order chi connectivity index (χ0) is 20.2. The van der Waals surface area contributed by atoms with Gasteiger partial charge in [0.1, 0.15) is 0 Å². The maximum Gasteiger partial charge on any atom is 0.309 e. The van der Waals surface area contributed by atoms with E-state index in [1.54, 1.807) is 13.8 Å². The van der Waals surface area contributed by atoms with Gasteiger partial charge >= 0.3 is 7.48 Å². The SMILES string of the molecule is CC(C)(O)C(C)(C)OBc1ccc(N(c2ccccc2)c2ccccc2)cc1. The van der Waals surface area contributed by atoms with Crippen LogP contribution in [0.15, 0.2) is 84.9 Å². The molecular weight excluding hydrogens is 345 g/mol. The van der Waals surface area contributed by atoms with E-state index in [4.69, 9.17) is 4.65 Å². The highest BCUT2D eigenvalue weighted by atomic mass is 16.5.